The Hall–Kier alpha value is -0.860. The van der Waals surface area contributed by atoms with Crippen LogP contribution >= 0.6 is 0 Å². The Kier molecular flexibility index (Phi) is 2.04. The van der Waals surface area contributed by atoms with Crippen molar-refractivity contribution in [3.8, 4) is 0 Å². The van der Waals surface area contributed by atoms with Gasteiger partial charge in [-0.3, -0.25) is 9.59 Å². The maximum absolute atomic E-state index is 10.8. The summed E-state index contributed by atoms with van der Waals surface area (Å²) in [4.78, 5) is 21.4. The van der Waals surface area contributed by atoms with E-state index in [1.54, 1.807) is 6.92 Å². The average molecular weight is 141 g/mol. The highest BCUT2D eigenvalue weighted by Gasteiger charge is 2.20. The molecule has 0 aromatic carbocycles. The third-order valence-electron chi connectivity index (χ3n) is 1.84. The third-order valence-corrected chi connectivity index (χ3v) is 1.84. The van der Waals surface area contributed by atoms with Gasteiger partial charge in [-0.05, 0) is 13.3 Å². The quantitative estimate of drug-likeness (QED) is 0.563. The zero-order chi connectivity index (χ0) is 7.56. The zero-order valence-electron chi connectivity index (χ0n) is 6.02. The highest BCUT2D eigenvalue weighted by molar-refractivity contribution is 5.83. The number of rotatable bonds is 1. The number of amides is 1. The topological polar surface area (TPSA) is 46.2 Å². The minimum absolute atomic E-state index is 0.0671. The van der Waals surface area contributed by atoms with Gasteiger partial charge in [-0.25, -0.2) is 0 Å². The van der Waals surface area contributed by atoms with Crippen LogP contribution < -0.4 is 5.32 Å². The zero-order valence-corrected chi connectivity index (χ0v) is 6.02. The fourth-order valence-corrected chi connectivity index (χ4v) is 1.08. The molecule has 0 aliphatic carbocycles. The molecule has 1 heterocycles. The van der Waals surface area contributed by atoms with E-state index >= 15 is 0 Å². The lowest BCUT2D eigenvalue weighted by Crippen LogP contribution is -2.37. The SMILES string of the molecule is CC(=O)[C@H]1CCC(=O)NC1. The lowest BCUT2D eigenvalue weighted by molar-refractivity contribution is -0.126. The fraction of sp³-hybridized carbons (Fsp3) is 0.714. The van der Waals surface area contributed by atoms with Crippen LogP contribution in [0, 0.1) is 5.92 Å². The van der Waals surface area contributed by atoms with Gasteiger partial charge in [0.25, 0.3) is 0 Å². The van der Waals surface area contributed by atoms with Gasteiger partial charge < -0.3 is 5.32 Å². The molecule has 56 valence electrons. The van der Waals surface area contributed by atoms with Gasteiger partial charge in [0.05, 0.1) is 0 Å². The van der Waals surface area contributed by atoms with E-state index < -0.39 is 0 Å². The van der Waals surface area contributed by atoms with E-state index in [9.17, 15) is 9.59 Å². The van der Waals surface area contributed by atoms with Gasteiger partial charge in [-0.15, -0.1) is 0 Å². The van der Waals surface area contributed by atoms with Gasteiger partial charge in [0.2, 0.25) is 5.91 Å². The van der Waals surface area contributed by atoms with Gasteiger partial charge >= 0.3 is 0 Å². The molecule has 0 radical (unpaired) electrons. The number of piperidine rings is 1. The summed E-state index contributed by atoms with van der Waals surface area (Å²) in [6, 6.07) is 0. The van der Waals surface area contributed by atoms with E-state index in [1.807, 2.05) is 0 Å². The Bertz CT molecular complexity index is 155. The van der Waals surface area contributed by atoms with Crippen LogP contribution in [0.25, 0.3) is 0 Å². The van der Waals surface area contributed by atoms with Gasteiger partial charge in [0, 0.05) is 18.9 Å². The van der Waals surface area contributed by atoms with Crippen LogP contribution in [0.4, 0.5) is 0 Å². The van der Waals surface area contributed by atoms with Crippen LogP contribution in [0.5, 0.6) is 0 Å². The highest BCUT2D eigenvalue weighted by atomic mass is 16.2. The Labute approximate surface area is 59.8 Å². The van der Waals surface area contributed by atoms with Crippen molar-refractivity contribution in [3.63, 3.8) is 0 Å². The van der Waals surface area contributed by atoms with Gasteiger partial charge in [0.1, 0.15) is 5.78 Å². The first-order valence-electron chi connectivity index (χ1n) is 3.47. The molecule has 1 amide bonds. The minimum Gasteiger partial charge on any atom is -0.355 e. The molecule has 0 unspecified atom stereocenters. The normalized spacial score (nSPS) is 25.7. The highest BCUT2D eigenvalue weighted by Crippen LogP contribution is 2.10. The Morgan fingerprint density at radius 2 is 2.40 bits per heavy atom. The van der Waals surface area contributed by atoms with Crippen molar-refractivity contribution < 1.29 is 9.59 Å². The molecular formula is C7H11NO2. The molecule has 10 heavy (non-hydrogen) atoms. The first-order valence-corrected chi connectivity index (χ1v) is 3.47. The van der Waals surface area contributed by atoms with E-state index in [1.165, 1.54) is 0 Å². The first kappa shape index (κ1) is 7.25. The van der Waals surface area contributed by atoms with E-state index in [4.69, 9.17) is 0 Å². The Balaban J connectivity index is 2.40. The van der Waals surface area contributed by atoms with E-state index in [0.717, 1.165) is 6.42 Å². The molecule has 0 spiro atoms. The third kappa shape index (κ3) is 1.56. The number of ketones is 1. The monoisotopic (exact) mass is 141 g/mol. The van der Waals surface area contributed by atoms with Gasteiger partial charge in [0.15, 0.2) is 0 Å². The van der Waals surface area contributed by atoms with Crippen LogP contribution in [0.15, 0.2) is 0 Å². The molecule has 0 saturated carbocycles. The summed E-state index contributed by atoms with van der Waals surface area (Å²) in [5.74, 6) is 0.315. The minimum atomic E-state index is 0.0671. The van der Waals surface area contributed by atoms with Crippen LogP contribution in [0.2, 0.25) is 0 Å². The Morgan fingerprint density at radius 1 is 1.70 bits per heavy atom. The van der Waals surface area contributed by atoms with Crippen molar-refractivity contribution in [1.82, 2.24) is 5.32 Å². The van der Waals surface area contributed by atoms with Crippen LogP contribution in [0.3, 0.4) is 0 Å². The summed E-state index contributed by atoms with van der Waals surface area (Å²) in [6.07, 6.45) is 1.23. The second-order valence-electron chi connectivity index (χ2n) is 2.65. The summed E-state index contributed by atoms with van der Waals surface area (Å²) < 4.78 is 0. The fourth-order valence-electron chi connectivity index (χ4n) is 1.08. The van der Waals surface area contributed by atoms with Crippen molar-refractivity contribution in [2.24, 2.45) is 5.92 Å². The van der Waals surface area contributed by atoms with E-state index in [0.29, 0.717) is 13.0 Å². The molecule has 1 fully saturated rings. The summed E-state index contributed by atoms with van der Waals surface area (Å²) in [7, 11) is 0. The lowest BCUT2D eigenvalue weighted by atomic mass is 9.96. The lowest BCUT2D eigenvalue weighted by Gasteiger charge is -2.19. The molecule has 0 aromatic heterocycles. The maximum Gasteiger partial charge on any atom is 0.220 e. The molecule has 1 aliphatic heterocycles. The summed E-state index contributed by atoms with van der Waals surface area (Å²) >= 11 is 0. The standard InChI is InChI=1S/C7H11NO2/c1-5(9)6-2-3-7(10)8-4-6/h6H,2-4H2,1H3,(H,8,10)/t6-/m0/s1. The average Bonchev–Trinajstić information content (AvgIpc) is 1.88. The number of nitrogens with one attached hydrogen (secondary N) is 1. The molecule has 1 rings (SSSR count). The first-order chi connectivity index (χ1) is 4.70. The molecule has 1 atom stereocenters. The predicted octanol–water partition coefficient (Wildman–Crippen LogP) is 0.102. The van der Waals surface area contributed by atoms with Gasteiger partial charge in [-0.1, -0.05) is 0 Å². The summed E-state index contributed by atoms with van der Waals surface area (Å²) in [5.41, 5.74) is 0. The second-order valence-corrected chi connectivity index (χ2v) is 2.65. The number of carbonyl (C=O) groups excluding carboxylic acids is 2. The molecule has 1 saturated heterocycles. The van der Waals surface area contributed by atoms with Crippen LogP contribution in [0.1, 0.15) is 19.8 Å². The molecule has 1 aliphatic rings. The number of hydrogen-bond donors (Lipinski definition) is 1. The molecular weight excluding hydrogens is 130 g/mol. The number of hydrogen-bond acceptors (Lipinski definition) is 2. The second kappa shape index (κ2) is 2.82. The molecule has 3 nitrogen and oxygen atoms in total. The molecule has 0 aromatic rings. The predicted molar refractivity (Wildman–Crippen MR) is 36.4 cm³/mol. The number of carbonyl (C=O) groups is 2. The molecule has 3 heteroatoms. The van der Waals surface area contributed by atoms with Crippen molar-refractivity contribution in [2.45, 2.75) is 19.8 Å². The largest absolute Gasteiger partial charge is 0.355 e. The van der Waals surface area contributed by atoms with Crippen LogP contribution in [-0.4, -0.2) is 18.2 Å². The van der Waals surface area contributed by atoms with Gasteiger partial charge in [-0.2, -0.15) is 0 Å². The summed E-state index contributed by atoms with van der Waals surface area (Å²) in [5, 5.41) is 2.65. The smallest absolute Gasteiger partial charge is 0.220 e. The van der Waals surface area contributed by atoms with E-state index in [2.05, 4.69) is 5.32 Å². The Morgan fingerprint density at radius 3 is 2.80 bits per heavy atom. The molecule has 0 bridgehead atoms. The maximum atomic E-state index is 10.8. The molecule has 1 N–H and O–H groups in total. The van der Waals surface area contributed by atoms with Crippen molar-refractivity contribution in [1.29, 1.82) is 0 Å². The summed E-state index contributed by atoms with van der Waals surface area (Å²) in [6.45, 7) is 2.11. The van der Waals surface area contributed by atoms with Crippen molar-refractivity contribution >= 4 is 11.7 Å². The van der Waals surface area contributed by atoms with Crippen molar-refractivity contribution in [3.05, 3.63) is 0 Å². The van der Waals surface area contributed by atoms with Crippen LogP contribution in [-0.2, 0) is 9.59 Å². The van der Waals surface area contributed by atoms with E-state index in [-0.39, 0.29) is 17.6 Å². The number of Topliss-reactive ketones (excluding diaryl/α,β-unsaturated/α-hetero) is 1. The van der Waals surface area contributed by atoms with Crippen molar-refractivity contribution in [2.75, 3.05) is 6.54 Å².